The van der Waals surface area contributed by atoms with Gasteiger partial charge < -0.3 is 10.6 Å². The summed E-state index contributed by atoms with van der Waals surface area (Å²) in [6.07, 6.45) is -0.342. The Hall–Kier alpha value is -2.98. The average Bonchev–Trinajstić information content (AvgIpc) is 2.72. The molecule has 1 fully saturated rings. The molecule has 2 aromatic rings. The molecule has 3 rings (SSSR count). The third-order valence-electron chi connectivity index (χ3n) is 4.55. The molecule has 29 heavy (non-hydrogen) atoms. The number of halogens is 3. The van der Waals surface area contributed by atoms with Crippen molar-refractivity contribution in [3.05, 3.63) is 40.7 Å². The van der Waals surface area contributed by atoms with Crippen LogP contribution >= 0.6 is 11.8 Å². The van der Waals surface area contributed by atoms with Crippen molar-refractivity contribution in [2.75, 3.05) is 23.7 Å². The van der Waals surface area contributed by atoms with Gasteiger partial charge in [0, 0.05) is 25.0 Å². The summed E-state index contributed by atoms with van der Waals surface area (Å²) in [4.78, 5) is 9.64. The molecule has 0 aliphatic carbocycles. The highest BCUT2D eigenvalue weighted by Gasteiger charge is 2.32. The van der Waals surface area contributed by atoms with E-state index >= 15 is 0 Å². The van der Waals surface area contributed by atoms with Crippen molar-refractivity contribution >= 4 is 23.3 Å². The quantitative estimate of drug-likeness (QED) is 0.746. The lowest BCUT2D eigenvalue weighted by molar-refractivity contribution is -0.141. The number of pyridine rings is 2. The first-order valence-corrected chi connectivity index (χ1v) is 9.87. The summed E-state index contributed by atoms with van der Waals surface area (Å²) in [5.74, 6) is 0.303. The first-order valence-electron chi connectivity index (χ1n) is 8.88. The van der Waals surface area contributed by atoms with E-state index in [4.69, 9.17) is 5.73 Å². The minimum absolute atomic E-state index is 0.0418. The van der Waals surface area contributed by atoms with E-state index in [2.05, 4.69) is 22.1 Å². The predicted molar refractivity (Wildman–Crippen MR) is 103 cm³/mol. The molecule has 0 aromatic carbocycles. The van der Waals surface area contributed by atoms with Crippen LogP contribution < -0.4 is 10.6 Å². The van der Waals surface area contributed by atoms with E-state index in [1.54, 1.807) is 0 Å². The van der Waals surface area contributed by atoms with Crippen molar-refractivity contribution in [1.82, 2.24) is 9.97 Å². The number of thioether (sulfide) groups is 1. The Balaban J connectivity index is 1.90. The smallest absolute Gasteiger partial charge is 0.382 e. The summed E-state index contributed by atoms with van der Waals surface area (Å²) >= 11 is 1.18. The summed E-state index contributed by atoms with van der Waals surface area (Å²) in [7, 11) is 0. The Morgan fingerprint density at radius 2 is 1.79 bits per heavy atom. The molecule has 10 heteroatoms. The normalized spacial score (nSPS) is 14.3. The summed E-state index contributed by atoms with van der Waals surface area (Å²) in [6, 6.07) is 6.44. The molecule has 0 amide bonds. The Labute approximate surface area is 170 Å². The lowest BCUT2D eigenvalue weighted by atomic mass is 10.1. The van der Waals surface area contributed by atoms with Crippen molar-refractivity contribution in [3.8, 4) is 12.1 Å². The fourth-order valence-electron chi connectivity index (χ4n) is 3.15. The van der Waals surface area contributed by atoms with E-state index in [-0.39, 0.29) is 22.7 Å². The molecule has 2 N–H and O–H groups in total. The van der Waals surface area contributed by atoms with Gasteiger partial charge in [-0.15, -0.1) is 11.8 Å². The minimum atomic E-state index is -4.49. The van der Waals surface area contributed by atoms with Gasteiger partial charge >= 0.3 is 6.18 Å². The lowest BCUT2D eigenvalue weighted by Crippen LogP contribution is -2.31. The van der Waals surface area contributed by atoms with E-state index in [0.717, 1.165) is 44.6 Å². The van der Waals surface area contributed by atoms with Crippen LogP contribution in [0.5, 0.6) is 0 Å². The fraction of sp³-hybridized carbons (Fsp3) is 0.368. The van der Waals surface area contributed by atoms with Gasteiger partial charge in [-0.05, 0) is 30.9 Å². The number of piperidine rings is 1. The number of nitrogen functional groups attached to an aromatic ring is 1. The maximum atomic E-state index is 12.6. The molecule has 150 valence electrons. The zero-order chi connectivity index (χ0) is 21.0. The highest BCUT2D eigenvalue weighted by molar-refractivity contribution is 7.98. The van der Waals surface area contributed by atoms with Crippen LogP contribution in [0, 0.1) is 22.7 Å². The number of nitriles is 2. The number of hydrogen-bond acceptors (Lipinski definition) is 7. The van der Waals surface area contributed by atoms with E-state index in [1.165, 1.54) is 17.8 Å². The van der Waals surface area contributed by atoms with Crippen molar-refractivity contribution in [2.24, 2.45) is 0 Å². The van der Waals surface area contributed by atoms with Crippen molar-refractivity contribution in [3.63, 3.8) is 0 Å². The Bertz CT molecular complexity index is 970. The Kier molecular flexibility index (Phi) is 6.14. The second kappa shape index (κ2) is 8.58. The molecular formula is C19H17F3N6S. The van der Waals surface area contributed by atoms with Gasteiger partial charge in [-0.25, -0.2) is 4.98 Å². The van der Waals surface area contributed by atoms with Crippen LogP contribution in [0.2, 0.25) is 0 Å². The lowest BCUT2D eigenvalue weighted by Gasteiger charge is -2.30. The molecular weight excluding hydrogens is 401 g/mol. The van der Waals surface area contributed by atoms with Crippen LogP contribution in [0.3, 0.4) is 0 Å². The first kappa shape index (κ1) is 20.7. The topological polar surface area (TPSA) is 103 Å². The van der Waals surface area contributed by atoms with E-state index < -0.39 is 11.9 Å². The molecule has 1 aliphatic rings. The second-order valence-corrected chi connectivity index (χ2v) is 7.47. The number of hydrogen-bond donors (Lipinski definition) is 1. The van der Waals surface area contributed by atoms with Crippen LogP contribution in [0.4, 0.5) is 24.7 Å². The molecule has 0 bridgehead atoms. The van der Waals surface area contributed by atoms with Gasteiger partial charge in [0.05, 0.1) is 5.69 Å². The van der Waals surface area contributed by atoms with E-state index in [9.17, 15) is 23.7 Å². The molecule has 2 aromatic heterocycles. The number of nitrogens with two attached hydrogens (primary N) is 1. The van der Waals surface area contributed by atoms with Gasteiger partial charge in [0.25, 0.3) is 0 Å². The van der Waals surface area contributed by atoms with Crippen LogP contribution in [0.25, 0.3) is 0 Å². The van der Waals surface area contributed by atoms with Crippen molar-refractivity contribution in [1.29, 1.82) is 10.5 Å². The van der Waals surface area contributed by atoms with Gasteiger partial charge in [0.15, 0.2) is 0 Å². The molecule has 3 heterocycles. The van der Waals surface area contributed by atoms with Gasteiger partial charge in [0.2, 0.25) is 0 Å². The Morgan fingerprint density at radius 3 is 2.34 bits per heavy atom. The third-order valence-corrected chi connectivity index (χ3v) is 5.60. The molecule has 0 saturated carbocycles. The zero-order valence-electron chi connectivity index (χ0n) is 15.3. The maximum absolute atomic E-state index is 12.6. The number of anilines is 2. The summed E-state index contributed by atoms with van der Waals surface area (Å²) < 4.78 is 37.9. The first-order chi connectivity index (χ1) is 13.8. The molecule has 1 saturated heterocycles. The Morgan fingerprint density at radius 1 is 1.10 bits per heavy atom. The highest BCUT2D eigenvalue weighted by Crippen LogP contribution is 2.37. The van der Waals surface area contributed by atoms with Gasteiger partial charge in [0.1, 0.15) is 39.8 Å². The van der Waals surface area contributed by atoms with E-state index in [0.29, 0.717) is 16.3 Å². The standard InChI is InChI=1S/C19H17F3N6S/c20-19(21,22)15-5-4-12(10-26-15)11-29-18-14(9-24)16(13(8-23)17(25)27-18)28-6-2-1-3-7-28/h4-5,10H,1-3,6-7,11H2,(H2,25,27). The third kappa shape index (κ3) is 4.54. The molecule has 0 radical (unpaired) electrons. The zero-order valence-corrected chi connectivity index (χ0v) is 16.1. The molecule has 0 spiro atoms. The molecule has 6 nitrogen and oxygen atoms in total. The average molecular weight is 418 g/mol. The fourth-order valence-corrected chi connectivity index (χ4v) is 4.07. The molecule has 0 atom stereocenters. The van der Waals surface area contributed by atoms with Gasteiger partial charge in [-0.1, -0.05) is 6.07 Å². The summed E-state index contributed by atoms with van der Waals surface area (Å²) in [5.41, 5.74) is 6.52. The van der Waals surface area contributed by atoms with Crippen LogP contribution in [-0.4, -0.2) is 23.1 Å². The summed E-state index contributed by atoms with van der Waals surface area (Å²) in [5, 5.41) is 19.6. The van der Waals surface area contributed by atoms with Crippen LogP contribution in [0.15, 0.2) is 23.4 Å². The van der Waals surface area contributed by atoms with Gasteiger partial charge in [-0.2, -0.15) is 23.7 Å². The molecule has 0 unspecified atom stereocenters. The number of aromatic nitrogens is 2. The van der Waals surface area contributed by atoms with Gasteiger partial charge in [-0.3, -0.25) is 4.98 Å². The monoisotopic (exact) mass is 418 g/mol. The number of rotatable bonds is 4. The van der Waals surface area contributed by atoms with Crippen molar-refractivity contribution in [2.45, 2.75) is 36.2 Å². The largest absolute Gasteiger partial charge is 0.433 e. The van der Waals surface area contributed by atoms with Crippen LogP contribution in [-0.2, 0) is 11.9 Å². The second-order valence-electron chi connectivity index (χ2n) is 6.51. The number of alkyl halides is 3. The van der Waals surface area contributed by atoms with Crippen molar-refractivity contribution < 1.29 is 13.2 Å². The minimum Gasteiger partial charge on any atom is -0.382 e. The van der Waals surface area contributed by atoms with Crippen LogP contribution in [0.1, 0.15) is 41.6 Å². The highest BCUT2D eigenvalue weighted by atomic mass is 32.2. The van der Waals surface area contributed by atoms with E-state index in [1.807, 2.05) is 4.90 Å². The SMILES string of the molecule is N#Cc1c(N)nc(SCc2ccc(C(F)(F)F)nc2)c(C#N)c1N1CCCCC1. The summed E-state index contributed by atoms with van der Waals surface area (Å²) in [6.45, 7) is 1.44. The molecule has 1 aliphatic heterocycles. The number of nitrogens with zero attached hydrogens (tertiary/aromatic N) is 5. The predicted octanol–water partition coefficient (Wildman–Crippen LogP) is 4.10. The maximum Gasteiger partial charge on any atom is 0.433 e.